The van der Waals surface area contributed by atoms with Crippen LogP contribution < -0.4 is 5.48 Å². The Kier molecular flexibility index (Phi) is 7.68. The SMILES string of the molecule is C=CCOS(=O)(=O)ONCCCCC. The molecule has 0 atom stereocenters. The lowest BCUT2D eigenvalue weighted by Gasteiger charge is -2.04. The second kappa shape index (κ2) is 7.93. The van der Waals surface area contributed by atoms with Gasteiger partial charge in [-0.3, -0.25) is 0 Å². The average molecular weight is 223 g/mol. The Hall–Kier alpha value is -0.430. The topological polar surface area (TPSA) is 64.6 Å². The highest BCUT2D eigenvalue weighted by molar-refractivity contribution is 7.81. The van der Waals surface area contributed by atoms with Crippen molar-refractivity contribution < 1.29 is 16.9 Å². The lowest BCUT2D eigenvalue weighted by molar-refractivity contribution is 0.154. The molecular weight excluding hydrogens is 206 g/mol. The zero-order valence-electron chi connectivity index (χ0n) is 8.36. The minimum Gasteiger partial charge on any atom is -0.243 e. The molecule has 14 heavy (non-hydrogen) atoms. The second-order valence-electron chi connectivity index (χ2n) is 2.67. The summed E-state index contributed by atoms with van der Waals surface area (Å²) in [4.78, 5) is 0. The Labute approximate surface area is 85.4 Å². The number of hydrogen-bond donors (Lipinski definition) is 1. The first-order chi connectivity index (χ1) is 6.62. The standard InChI is InChI=1S/C8H17NO4S/c1-3-5-6-7-9-13-14(10,11)12-8-4-2/h4,9H,2-3,5-8H2,1H3. The Balaban J connectivity index is 3.50. The van der Waals surface area contributed by atoms with Crippen LogP contribution in [-0.4, -0.2) is 21.6 Å². The molecule has 0 aliphatic heterocycles. The van der Waals surface area contributed by atoms with E-state index in [4.69, 9.17) is 0 Å². The molecule has 6 heteroatoms. The van der Waals surface area contributed by atoms with Gasteiger partial charge in [0.2, 0.25) is 0 Å². The molecule has 84 valence electrons. The third-order valence-corrected chi connectivity index (χ3v) is 2.12. The molecular formula is C8H17NO4S. The van der Waals surface area contributed by atoms with Crippen LogP contribution in [0.15, 0.2) is 12.7 Å². The monoisotopic (exact) mass is 223 g/mol. The number of unbranched alkanes of at least 4 members (excludes halogenated alkanes) is 2. The molecule has 5 nitrogen and oxygen atoms in total. The summed E-state index contributed by atoms with van der Waals surface area (Å²) >= 11 is 0. The average Bonchev–Trinajstić information content (AvgIpc) is 2.15. The van der Waals surface area contributed by atoms with Crippen molar-refractivity contribution >= 4 is 10.4 Å². The van der Waals surface area contributed by atoms with Gasteiger partial charge in [-0.25, -0.2) is 4.18 Å². The molecule has 0 unspecified atom stereocenters. The van der Waals surface area contributed by atoms with Crippen LogP contribution in [0.5, 0.6) is 0 Å². The molecule has 0 rings (SSSR count). The summed E-state index contributed by atoms with van der Waals surface area (Å²) in [6.07, 6.45) is 4.30. The number of hydrogen-bond acceptors (Lipinski definition) is 5. The van der Waals surface area contributed by atoms with Crippen molar-refractivity contribution in [1.29, 1.82) is 0 Å². The van der Waals surface area contributed by atoms with Crippen LogP contribution in [0.25, 0.3) is 0 Å². The molecule has 0 aromatic rings. The summed E-state index contributed by atoms with van der Waals surface area (Å²) in [6.45, 7) is 5.79. The normalized spacial score (nSPS) is 11.5. The first-order valence-corrected chi connectivity index (χ1v) is 5.87. The van der Waals surface area contributed by atoms with Gasteiger partial charge in [-0.1, -0.05) is 25.8 Å². The molecule has 0 aliphatic carbocycles. The zero-order valence-corrected chi connectivity index (χ0v) is 9.18. The van der Waals surface area contributed by atoms with E-state index < -0.39 is 10.4 Å². The summed E-state index contributed by atoms with van der Waals surface area (Å²) in [6, 6.07) is 0. The lowest BCUT2D eigenvalue weighted by Crippen LogP contribution is -2.22. The quantitative estimate of drug-likeness (QED) is 0.361. The van der Waals surface area contributed by atoms with E-state index in [0.717, 1.165) is 19.3 Å². The molecule has 0 saturated carbocycles. The maximum atomic E-state index is 10.9. The van der Waals surface area contributed by atoms with Crippen LogP contribution >= 0.6 is 0 Å². The van der Waals surface area contributed by atoms with Crippen molar-refractivity contribution in [2.24, 2.45) is 0 Å². The van der Waals surface area contributed by atoms with Gasteiger partial charge in [0.25, 0.3) is 0 Å². The molecule has 1 N–H and O–H groups in total. The first kappa shape index (κ1) is 13.6. The molecule has 0 bridgehead atoms. The van der Waals surface area contributed by atoms with E-state index in [9.17, 15) is 8.42 Å². The lowest BCUT2D eigenvalue weighted by atomic mass is 10.3. The summed E-state index contributed by atoms with van der Waals surface area (Å²) in [5.74, 6) is 0. The predicted molar refractivity (Wildman–Crippen MR) is 53.7 cm³/mol. The van der Waals surface area contributed by atoms with E-state index in [1.807, 2.05) is 0 Å². The fourth-order valence-corrected chi connectivity index (χ4v) is 1.26. The van der Waals surface area contributed by atoms with Gasteiger partial charge in [0, 0.05) is 6.54 Å². The fraction of sp³-hybridized carbons (Fsp3) is 0.750. The van der Waals surface area contributed by atoms with E-state index in [1.54, 1.807) is 0 Å². The number of hydroxylamine groups is 1. The molecule has 0 radical (unpaired) electrons. The molecule has 0 spiro atoms. The van der Waals surface area contributed by atoms with Crippen LogP contribution in [0, 0.1) is 0 Å². The van der Waals surface area contributed by atoms with Gasteiger partial charge >= 0.3 is 10.4 Å². The minimum absolute atomic E-state index is 0.0844. The Morgan fingerprint density at radius 3 is 2.71 bits per heavy atom. The van der Waals surface area contributed by atoms with Gasteiger partial charge in [-0.05, 0) is 6.42 Å². The minimum atomic E-state index is -3.91. The number of rotatable bonds is 9. The van der Waals surface area contributed by atoms with Crippen molar-refractivity contribution in [3.63, 3.8) is 0 Å². The summed E-state index contributed by atoms with van der Waals surface area (Å²) in [5, 5.41) is 0. The smallest absolute Gasteiger partial charge is 0.243 e. The predicted octanol–water partition coefficient (Wildman–Crippen LogP) is 1.15. The van der Waals surface area contributed by atoms with E-state index >= 15 is 0 Å². The summed E-state index contributed by atoms with van der Waals surface area (Å²) in [5.41, 5.74) is 2.32. The molecule has 0 saturated heterocycles. The third kappa shape index (κ3) is 8.18. The van der Waals surface area contributed by atoms with E-state index in [-0.39, 0.29) is 6.61 Å². The molecule has 0 amide bonds. The summed E-state index contributed by atoms with van der Waals surface area (Å²) in [7, 11) is -3.91. The number of nitrogens with one attached hydrogen (secondary N) is 1. The van der Waals surface area contributed by atoms with Gasteiger partial charge in [-0.2, -0.15) is 18.2 Å². The van der Waals surface area contributed by atoms with Crippen molar-refractivity contribution in [1.82, 2.24) is 5.48 Å². The molecule has 0 aromatic carbocycles. The van der Waals surface area contributed by atoms with E-state index in [0.29, 0.717) is 6.54 Å². The van der Waals surface area contributed by atoms with Crippen LogP contribution in [0.2, 0.25) is 0 Å². The van der Waals surface area contributed by atoms with Crippen molar-refractivity contribution in [3.05, 3.63) is 12.7 Å². The highest BCUT2D eigenvalue weighted by atomic mass is 32.3. The Bertz CT molecular complexity index is 238. The van der Waals surface area contributed by atoms with Gasteiger partial charge in [0.15, 0.2) is 0 Å². The highest BCUT2D eigenvalue weighted by Crippen LogP contribution is 1.95. The second-order valence-corrected chi connectivity index (χ2v) is 3.89. The van der Waals surface area contributed by atoms with Crippen LogP contribution in [0.3, 0.4) is 0 Å². The first-order valence-electron chi connectivity index (χ1n) is 4.54. The van der Waals surface area contributed by atoms with Crippen LogP contribution in [0.1, 0.15) is 26.2 Å². The molecule has 0 heterocycles. The largest absolute Gasteiger partial charge is 0.416 e. The van der Waals surface area contributed by atoms with Gasteiger partial charge in [0.1, 0.15) is 0 Å². The van der Waals surface area contributed by atoms with Crippen LogP contribution in [-0.2, 0) is 18.9 Å². The van der Waals surface area contributed by atoms with Crippen LogP contribution in [0.4, 0.5) is 0 Å². The van der Waals surface area contributed by atoms with Crippen molar-refractivity contribution in [3.8, 4) is 0 Å². The van der Waals surface area contributed by atoms with E-state index in [1.165, 1.54) is 6.08 Å². The highest BCUT2D eigenvalue weighted by Gasteiger charge is 2.09. The molecule has 0 fully saturated rings. The van der Waals surface area contributed by atoms with E-state index in [2.05, 4.69) is 27.4 Å². The van der Waals surface area contributed by atoms with Crippen molar-refractivity contribution in [2.75, 3.05) is 13.2 Å². The molecule has 0 aliphatic rings. The van der Waals surface area contributed by atoms with Gasteiger partial charge in [0.05, 0.1) is 6.61 Å². The zero-order chi connectivity index (χ0) is 10.9. The maximum Gasteiger partial charge on any atom is 0.416 e. The fourth-order valence-electron chi connectivity index (χ4n) is 0.717. The van der Waals surface area contributed by atoms with Crippen molar-refractivity contribution in [2.45, 2.75) is 26.2 Å². The summed E-state index contributed by atoms with van der Waals surface area (Å²) < 4.78 is 30.4. The van der Waals surface area contributed by atoms with Gasteiger partial charge in [-0.15, -0.1) is 6.58 Å². The Morgan fingerprint density at radius 2 is 2.14 bits per heavy atom. The molecule has 0 aromatic heterocycles. The third-order valence-electron chi connectivity index (χ3n) is 1.37. The van der Waals surface area contributed by atoms with Gasteiger partial charge < -0.3 is 0 Å². The maximum absolute atomic E-state index is 10.9. The Morgan fingerprint density at radius 1 is 1.43 bits per heavy atom.